The van der Waals surface area contributed by atoms with Crippen molar-refractivity contribution in [3.8, 4) is 0 Å². The Hall–Kier alpha value is -1.86. The topological polar surface area (TPSA) is 209 Å². The number of aromatic carboxylic acids is 1. The zero-order valence-electron chi connectivity index (χ0n) is 11.7. The van der Waals surface area contributed by atoms with Crippen LogP contribution in [0.3, 0.4) is 0 Å². The van der Waals surface area contributed by atoms with Crippen molar-refractivity contribution >= 4 is 13.8 Å². The van der Waals surface area contributed by atoms with E-state index in [1.807, 2.05) is 0 Å². The van der Waals surface area contributed by atoms with E-state index < -0.39 is 61.9 Å². The monoisotopic (exact) mass is 368 g/mol. The Labute approximate surface area is 131 Å². The van der Waals surface area contributed by atoms with Crippen LogP contribution in [-0.2, 0) is 13.8 Å². The quantitative estimate of drug-likeness (QED) is 0.288. The molecule has 0 bridgehead atoms. The highest BCUT2D eigenvalue weighted by molar-refractivity contribution is 7.46. The number of carboxylic acid groups (broad SMARTS) is 1. The fraction of sp³-hybridized carbons (Fsp3) is 0.500. The first kappa shape index (κ1) is 18.5. The molecule has 14 heteroatoms. The van der Waals surface area contributed by atoms with Gasteiger partial charge >= 0.3 is 19.5 Å². The molecule has 0 unspecified atom stereocenters. The predicted octanol–water partition coefficient (Wildman–Crippen LogP) is -3.04. The van der Waals surface area contributed by atoms with Crippen molar-refractivity contribution in [3.63, 3.8) is 0 Å². The number of ether oxygens (including phenoxy) is 1. The van der Waals surface area contributed by atoms with E-state index in [-0.39, 0.29) is 0 Å². The Morgan fingerprint density at radius 3 is 2.50 bits per heavy atom. The third-order valence-electron chi connectivity index (χ3n) is 3.19. The zero-order valence-corrected chi connectivity index (χ0v) is 12.6. The highest BCUT2D eigenvalue weighted by atomic mass is 31.2. The van der Waals surface area contributed by atoms with Gasteiger partial charge in [0.05, 0.1) is 6.61 Å². The molecule has 6 N–H and O–H groups in total. The second-order valence-electron chi connectivity index (χ2n) is 4.83. The van der Waals surface area contributed by atoms with Crippen LogP contribution in [0.2, 0.25) is 0 Å². The molecule has 134 valence electrons. The fourth-order valence-corrected chi connectivity index (χ4v) is 2.51. The molecule has 24 heavy (non-hydrogen) atoms. The minimum Gasteiger partial charge on any atom is -0.477 e. The summed E-state index contributed by atoms with van der Waals surface area (Å²) in [7, 11) is -4.88. The molecular formula is C10H13N2O11P. The van der Waals surface area contributed by atoms with Crippen LogP contribution in [0, 0.1) is 0 Å². The number of carboxylic acids is 1. The molecule has 0 radical (unpaired) electrons. The van der Waals surface area contributed by atoms with Crippen molar-refractivity contribution in [3.05, 3.63) is 32.6 Å². The minimum atomic E-state index is -4.88. The van der Waals surface area contributed by atoms with Crippen molar-refractivity contribution in [2.75, 3.05) is 6.61 Å². The minimum absolute atomic E-state index is 0.398. The van der Waals surface area contributed by atoms with Crippen LogP contribution in [0.1, 0.15) is 16.7 Å². The molecule has 2 heterocycles. The van der Waals surface area contributed by atoms with Gasteiger partial charge in [-0.2, -0.15) is 0 Å². The van der Waals surface area contributed by atoms with E-state index in [0.717, 1.165) is 0 Å². The van der Waals surface area contributed by atoms with E-state index >= 15 is 0 Å². The van der Waals surface area contributed by atoms with E-state index in [1.165, 1.54) is 0 Å². The Kier molecular flexibility index (Phi) is 5.05. The summed E-state index contributed by atoms with van der Waals surface area (Å²) in [6, 6.07) is 0.575. The van der Waals surface area contributed by atoms with Crippen molar-refractivity contribution in [2.45, 2.75) is 24.5 Å². The lowest BCUT2D eigenvalue weighted by atomic mass is 10.1. The number of hydrogen-bond acceptors (Lipinski definition) is 8. The third-order valence-corrected chi connectivity index (χ3v) is 3.68. The number of nitrogens with zero attached hydrogens (tertiary/aromatic N) is 1. The number of phosphoric acid groups is 1. The highest BCUT2D eigenvalue weighted by Crippen LogP contribution is 2.38. The summed E-state index contributed by atoms with van der Waals surface area (Å²) >= 11 is 0. The van der Waals surface area contributed by atoms with E-state index in [4.69, 9.17) is 19.6 Å². The number of aromatic nitrogens is 2. The van der Waals surface area contributed by atoms with Crippen LogP contribution in [0.25, 0.3) is 0 Å². The first-order chi connectivity index (χ1) is 11.0. The van der Waals surface area contributed by atoms with Gasteiger partial charge in [0, 0.05) is 6.07 Å². The summed E-state index contributed by atoms with van der Waals surface area (Å²) in [4.78, 5) is 53.2. The van der Waals surface area contributed by atoms with Gasteiger partial charge in [0.1, 0.15) is 24.0 Å². The van der Waals surface area contributed by atoms with Gasteiger partial charge in [0.2, 0.25) is 0 Å². The lowest BCUT2D eigenvalue weighted by Crippen LogP contribution is -2.40. The Morgan fingerprint density at radius 2 is 1.96 bits per heavy atom. The van der Waals surface area contributed by atoms with E-state index in [2.05, 4.69) is 4.52 Å². The third kappa shape index (κ3) is 3.79. The molecular weight excluding hydrogens is 355 g/mol. The van der Waals surface area contributed by atoms with Crippen molar-refractivity contribution in [1.82, 2.24) is 9.55 Å². The summed E-state index contributed by atoms with van der Waals surface area (Å²) in [5.41, 5.74) is -3.02. The van der Waals surface area contributed by atoms with Crippen LogP contribution in [0.4, 0.5) is 0 Å². The van der Waals surface area contributed by atoms with Gasteiger partial charge in [-0.25, -0.2) is 14.2 Å². The number of rotatable bonds is 5. The molecule has 0 saturated carbocycles. The molecule has 1 saturated heterocycles. The van der Waals surface area contributed by atoms with Gasteiger partial charge < -0.3 is 29.8 Å². The second-order valence-corrected chi connectivity index (χ2v) is 6.07. The van der Waals surface area contributed by atoms with Gasteiger partial charge in [-0.3, -0.25) is 18.9 Å². The number of nitrogens with one attached hydrogen (secondary N) is 1. The second kappa shape index (κ2) is 6.57. The molecule has 1 aromatic heterocycles. The predicted molar refractivity (Wildman–Crippen MR) is 72.2 cm³/mol. The number of aliphatic hydroxyl groups excluding tert-OH is 2. The van der Waals surface area contributed by atoms with E-state index in [0.29, 0.717) is 10.6 Å². The number of phosphoric ester groups is 1. The van der Waals surface area contributed by atoms with Crippen molar-refractivity contribution < 1.29 is 43.7 Å². The average molecular weight is 368 g/mol. The maximum Gasteiger partial charge on any atom is 0.469 e. The molecule has 1 aliphatic rings. The molecule has 0 amide bonds. The van der Waals surface area contributed by atoms with Gasteiger partial charge in [-0.15, -0.1) is 0 Å². The molecule has 0 aliphatic carbocycles. The van der Waals surface area contributed by atoms with Gasteiger partial charge in [0.25, 0.3) is 5.56 Å². The Morgan fingerprint density at radius 1 is 1.33 bits per heavy atom. The molecule has 1 aliphatic heterocycles. The first-order valence-electron chi connectivity index (χ1n) is 6.32. The molecule has 1 fully saturated rings. The summed E-state index contributed by atoms with van der Waals surface area (Å²) in [6.07, 6.45) is -6.74. The lowest BCUT2D eigenvalue weighted by Gasteiger charge is -2.19. The van der Waals surface area contributed by atoms with Crippen LogP contribution in [0.15, 0.2) is 15.7 Å². The Balaban J connectivity index is 2.37. The normalized spacial score (nSPS) is 27.3. The Bertz CT molecular complexity index is 795. The van der Waals surface area contributed by atoms with Gasteiger partial charge in [0.15, 0.2) is 6.23 Å². The van der Waals surface area contributed by atoms with Gasteiger partial charge in [-0.1, -0.05) is 0 Å². The number of H-pyrrole nitrogens is 1. The van der Waals surface area contributed by atoms with Crippen LogP contribution in [-0.4, -0.2) is 65.5 Å². The van der Waals surface area contributed by atoms with E-state index in [9.17, 15) is 29.2 Å². The highest BCUT2D eigenvalue weighted by Gasteiger charge is 2.46. The molecule has 2 rings (SSSR count). The van der Waals surface area contributed by atoms with Crippen LogP contribution in [0.5, 0.6) is 0 Å². The largest absolute Gasteiger partial charge is 0.477 e. The fourth-order valence-electron chi connectivity index (χ4n) is 2.17. The average Bonchev–Trinajstić information content (AvgIpc) is 2.71. The molecule has 1 aromatic rings. The van der Waals surface area contributed by atoms with Crippen LogP contribution >= 0.6 is 7.82 Å². The van der Waals surface area contributed by atoms with Gasteiger partial charge in [-0.05, 0) is 0 Å². The number of hydrogen-bond donors (Lipinski definition) is 6. The standard InChI is InChI=1S/C10H13N2O11P/c13-5-1-3(9(16)17)12(10(18)11-5)8-7(15)6(14)4(23-8)2-22-24(19,20)21/h1,4,6-8,14-15H,2H2,(H,16,17)(H,11,13,18)(H2,19,20,21)/t4-,6-,7-,8-/m1/s1. The molecule has 0 spiro atoms. The number of aromatic amines is 1. The summed E-state index contributed by atoms with van der Waals surface area (Å²) in [6.45, 7) is -0.834. The van der Waals surface area contributed by atoms with E-state index in [1.54, 1.807) is 4.98 Å². The zero-order chi connectivity index (χ0) is 18.2. The van der Waals surface area contributed by atoms with Crippen molar-refractivity contribution in [1.29, 1.82) is 0 Å². The molecule has 0 aromatic carbocycles. The maximum atomic E-state index is 11.8. The first-order valence-corrected chi connectivity index (χ1v) is 7.85. The van der Waals surface area contributed by atoms with Crippen LogP contribution < -0.4 is 11.2 Å². The molecule has 13 nitrogen and oxygen atoms in total. The summed E-state index contributed by atoms with van der Waals surface area (Å²) in [5.74, 6) is -1.67. The smallest absolute Gasteiger partial charge is 0.469 e. The number of carbonyl (C=O) groups is 1. The maximum absolute atomic E-state index is 11.8. The summed E-state index contributed by atoms with van der Waals surface area (Å²) < 4.78 is 20.3. The SMILES string of the molecule is O=C(O)c1cc(=O)[nH]c(=O)n1[C@@H]1O[C@H](COP(=O)(O)O)[C@@H](O)[C@H]1O. The number of aliphatic hydroxyl groups is 2. The molecule has 4 atom stereocenters. The summed E-state index contributed by atoms with van der Waals surface area (Å²) in [5, 5.41) is 28.8. The lowest BCUT2D eigenvalue weighted by molar-refractivity contribution is -0.0555. The van der Waals surface area contributed by atoms with Crippen molar-refractivity contribution in [2.24, 2.45) is 0 Å².